The smallest absolute Gasteiger partial charge is 0.176 e. The summed E-state index contributed by atoms with van der Waals surface area (Å²) in [5.41, 5.74) is 2.93. The van der Waals surface area contributed by atoms with Crippen LogP contribution < -0.4 is 0 Å². The number of Topliss-reactive ketones (excluding diaryl/α,β-unsaturated/α-hetero) is 1. The van der Waals surface area contributed by atoms with E-state index >= 15 is 0 Å². The minimum atomic E-state index is 0.111. The molecule has 0 spiro atoms. The van der Waals surface area contributed by atoms with E-state index in [9.17, 15) is 4.79 Å². The van der Waals surface area contributed by atoms with Crippen LogP contribution in [0.25, 0.3) is 0 Å². The van der Waals surface area contributed by atoms with Crippen LogP contribution in [0.2, 0.25) is 0 Å². The van der Waals surface area contributed by atoms with Crippen LogP contribution in [0.4, 0.5) is 0 Å². The van der Waals surface area contributed by atoms with Crippen molar-refractivity contribution in [2.45, 2.75) is 33.6 Å². The van der Waals surface area contributed by atoms with Crippen molar-refractivity contribution < 1.29 is 4.79 Å². The number of hydrogen-bond acceptors (Lipinski definition) is 1. The first-order valence-electron chi connectivity index (χ1n) is 4.22. The monoisotopic (exact) mass is 165 g/mol. The molecule has 0 aliphatic carbocycles. The van der Waals surface area contributed by atoms with E-state index in [0.29, 0.717) is 5.92 Å². The van der Waals surface area contributed by atoms with E-state index in [1.165, 1.54) is 0 Å². The number of hydrogen-bond donors (Lipinski definition) is 1. The summed E-state index contributed by atoms with van der Waals surface area (Å²) < 4.78 is 0. The van der Waals surface area contributed by atoms with Gasteiger partial charge in [0.1, 0.15) is 0 Å². The molecule has 0 aliphatic rings. The molecule has 0 fully saturated rings. The summed E-state index contributed by atoms with van der Waals surface area (Å²) in [6.45, 7) is 7.76. The van der Waals surface area contributed by atoms with Gasteiger partial charge in [-0.05, 0) is 24.5 Å². The molecule has 0 amide bonds. The molecule has 1 aromatic rings. The summed E-state index contributed by atoms with van der Waals surface area (Å²) in [5, 5.41) is 0. The Morgan fingerprint density at radius 3 is 2.33 bits per heavy atom. The Morgan fingerprint density at radius 1 is 1.50 bits per heavy atom. The van der Waals surface area contributed by atoms with Crippen molar-refractivity contribution >= 4 is 5.78 Å². The maximum Gasteiger partial charge on any atom is 0.176 e. The highest BCUT2D eigenvalue weighted by molar-refractivity contribution is 5.93. The zero-order valence-electron chi connectivity index (χ0n) is 8.06. The second-order valence-corrected chi connectivity index (χ2v) is 3.49. The van der Waals surface area contributed by atoms with Gasteiger partial charge in [-0.2, -0.15) is 0 Å². The molecule has 0 unspecified atom stereocenters. The molecule has 0 saturated heterocycles. The molecule has 0 atom stereocenters. The van der Waals surface area contributed by atoms with Gasteiger partial charge in [0, 0.05) is 12.6 Å². The van der Waals surface area contributed by atoms with E-state index in [0.717, 1.165) is 17.0 Å². The third-order valence-electron chi connectivity index (χ3n) is 2.01. The first-order valence-corrected chi connectivity index (χ1v) is 4.22. The van der Waals surface area contributed by atoms with Crippen LogP contribution in [0, 0.1) is 6.92 Å². The Morgan fingerprint density at radius 2 is 2.08 bits per heavy atom. The summed E-state index contributed by atoms with van der Waals surface area (Å²) >= 11 is 0. The molecule has 2 heteroatoms. The van der Waals surface area contributed by atoms with Crippen LogP contribution in [0.3, 0.4) is 0 Å². The van der Waals surface area contributed by atoms with Gasteiger partial charge in [-0.3, -0.25) is 4.79 Å². The van der Waals surface area contributed by atoms with Gasteiger partial charge in [0.15, 0.2) is 5.78 Å². The molecule has 0 radical (unpaired) electrons. The van der Waals surface area contributed by atoms with Crippen LogP contribution in [-0.4, -0.2) is 10.8 Å². The van der Waals surface area contributed by atoms with Crippen molar-refractivity contribution in [1.29, 1.82) is 0 Å². The zero-order chi connectivity index (χ0) is 9.30. The molecule has 0 bridgehead atoms. The standard InChI is InChI=1S/C10H15NO/c1-6(2)9-5-7(3)10(11-9)8(4)12/h5-6,11H,1-4H3. The predicted molar refractivity (Wildman–Crippen MR) is 49.6 cm³/mol. The van der Waals surface area contributed by atoms with Crippen LogP contribution >= 0.6 is 0 Å². The fourth-order valence-electron chi connectivity index (χ4n) is 1.26. The lowest BCUT2D eigenvalue weighted by molar-refractivity contribution is 0.101. The van der Waals surface area contributed by atoms with Gasteiger partial charge >= 0.3 is 0 Å². The minimum Gasteiger partial charge on any atom is -0.356 e. The number of carbonyl (C=O) groups is 1. The molecule has 0 saturated carbocycles. The second kappa shape index (κ2) is 3.13. The molecule has 1 heterocycles. The molecule has 1 aromatic heterocycles. The van der Waals surface area contributed by atoms with Gasteiger partial charge in [0.05, 0.1) is 5.69 Å². The number of aromatic nitrogens is 1. The highest BCUT2D eigenvalue weighted by Crippen LogP contribution is 2.17. The topological polar surface area (TPSA) is 32.9 Å². The normalized spacial score (nSPS) is 10.8. The number of rotatable bonds is 2. The molecular weight excluding hydrogens is 150 g/mol. The van der Waals surface area contributed by atoms with Crippen molar-refractivity contribution in [3.8, 4) is 0 Å². The van der Waals surface area contributed by atoms with E-state index in [2.05, 4.69) is 18.8 Å². The van der Waals surface area contributed by atoms with E-state index in [1.807, 2.05) is 13.0 Å². The zero-order valence-corrected chi connectivity index (χ0v) is 8.06. The lowest BCUT2D eigenvalue weighted by atomic mass is 10.1. The molecule has 66 valence electrons. The quantitative estimate of drug-likeness (QED) is 0.671. The number of H-pyrrole nitrogens is 1. The van der Waals surface area contributed by atoms with Crippen LogP contribution in [0.15, 0.2) is 6.07 Å². The van der Waals surface area contributed by atoms with Gasteiger partial charge in [-0.25, -0.2) is 0 Å². The maximum absolute atomic E-state index is 11.1. The highest BCUT2D eigenvalue weighted by atomic mass is 16.1. The fraction of sp³-hybridized carbons (Fsp3) is 0.500. The lowest BCUT2D eigenvalue weighted by Crippen LogP contribution is -1.95. The molecule has 0 aromatic carbocycles. The van der Waals surface area contributed by atoms with Gasteiger partial charge in [-0.15, -0.1) is 0 Å². The molecule has 2 nitrogen and oxygen atoms in total. The van der Waals surface area contributed by atoms with Crippen LogP contribution in [-0.2, 0) is 0 Å². The van der Waals surface area contributed by atoms with Crippen molar-refractivity contribution in [3.63, 3.8) is 0 Å². The first kappa shape index (κ1) is 9.04. The van der Waals surface area contributed by atoms with E-state index < -0.39 is 0 Å². The SMILES string of the molecule is CC(=O)c1[nH]c(C(C)C)cc1C. The number of ketones is 1. The third kappa shape index (κ3) is 1.58. The number of nitrogens with one attached hydrogen (secondary N) is 1. The van der Waals surface area contributed by atoms with Gasteiger partial charge in [0.25, 0.3) is 0 Å². The molecule has 12 heavy (non-hydrogen) atoms. The van der Waals surface area contributed by atoms with E-state index in [-0.39, 0.29) is 5.78 Å². The summed E-state index contributed by atoms with van der Waals surface area (Å²) in [7, 11) is 0. The minimum absolute atomic E-state index is 0.111. The Balaban J connectivity index is 3.09. The highest BCUT2D eigenvalue weighted by Gasteiger charge is 2.09. The third-order valence-corrected chi connectivity index (χ3v) is 2.01. The molecule has 0 aliphatic heterocycles. The van der Waals surface area contributed by atoms with E-state index in [4.69, 9.17) is 0 Å². The van der Waals surface area contributed by atoms with Gasteiger partial charge in [-0.1, -0.05) is 13.8 Å². The van der Waals surface area contributed by atoms with Crippen LogP contribution in [0.5, 0.6) is 0 Å². The van der Waals surface area contributed by atoms with Crippen LogP contribution in [0.1, 0.15) is 48.4 Å². The Bertz CT molecular complexity index is 297. The summed E-state index contributed by atoms with van der Waals surface area (Å²) in [5.74, 6) is 0.566. The number of carbonyl (C=O) groups excluding carboxylic acids is 1. The molecule has 1 rings (SSSR count). The summed E-state index contributed by atoms with van der Waals surface area (Å²) in [4.78, 5) is 14.2. The Kier molecular flexibility index (Phi) is 2.36. The molecule has 1 N–H and O–H groups in total. The maximum atomic E-state index is 11.1. The van der Waals surface area contributed by atoms with Crippen molar-refractivity contribution in [2.24, 2.45) is 0 Å². The Labute approximate surface area is 73.0 Å². The largest absolute Gasteiger partial charge is 0.356 e. The van der Waals surface area contributed by atoms with Gasteiger partial charge < -0.3 is 4.98 Å². The average molecular weight is 165 g/mol. The van der Waals surface area contributed by atoms with Crippen molar-refractivity contribution in [3.05, 3.63) is 23.0 Å². The lowest BCUT2D eigenvalue weighted by Gasteiger charge is -1.98. The van der Waals surface area contributed by atoms with Gasteiger partial charge in [0.2, 0.25) is 0 Å². The summed E-state index contributed by atoms with van der Waals surface area (Å²) in [6, 6.07) is 2.04. The molecular formula is C10H15NO. The van der Waals surface area contributed by atoms with Crippen molar-refractivity contribution in [1.82, 2.24) is 4.98 Å². The fourth-order valence-corrected chi connectivity index (χ4v) is 1.26. The Hall–Kier alpha value is -1.05. The predicted octanol–water partition coefficient (Wildman–Crippen LogP) is 2.65. The number of aromatic amines is 1. The second-order valence-electron chi connectivity index (χ2n) is 3.49. The van der Waals surface area contributed by atoms with E-state index in [1.54, 1.807) is 6.92 Å². The first-order chi connectivity index (χ1) is 5.52. The summed E-state index contributed by atoms with van der Waals surface area (Å²) in [6.07, 6.45) is 0. The van der Waals surface area contributed by atoms with Crippen molar-refractivity contribution in [2.75, 3.05) is 0 Å². The number of aryl methyl sites for hydroxylation is 1. The average Bonchev–Trinajstić information content (AvgIpc) is 2.30.